The second kappa shape index (κ2) is 8.47. The first kappa shape index (κ1) is 19.3. The van der Waals surface area contributed by atoms with Crippen molar-refractivity contribution in [3.8, 4) is 5.75 Å². The van der Waals surface area contributed by atoms with E-state index in [0.29, 0.717) is 6.42 Å². The molecule has 144 valence electrons. The van der Waals surface area contributed by atoms with Crippen LogP contribution in [0.2, 0.25) is 0 Å². The third-order valence-corrected chi connectivity index (χ3v) is 5.52. The third-order valence-electron chi connectivity index (χ3n) is 5.52. The number of nitrogens with zero attached hydrogens (tertiary/aromatic N) is 2. The summed E-state index contributed by atoms with van der Waals surface area (Å²) >= 11 is 0. The van der Waals surface area contributed by atoms with Crippen molar-refractivity contribution in [3.63, 3.8) is 0 Å². The quantitative estimate of drug-likeness (QED) is 0.798. The van der Waals surface area contributed by atoms with Gasteiger partial charge in [-0.15, -0.1) is 0 Å². The van der Waals surface area contributed by atoms with Crippen molar-refractivity contribution in [2.75, 3.05) is 31.1 Å². The van der Waals surface area contributed by atoms with Crippen LogP contribution in [-0.4, -0.2) is 43.1 Å². The van der Waals surface area contributed by atoms with E-state index in [9.17, 15) is 4.79 Å². The molecule has 0 spiro atoms. The Balaban J connectivity index is 1.63. The molecule has 4 nitrogen and oxygen atoms in total. The van der Waals surface area contributed by atoms with Gasteiger partial charge in [0.1, 0.15) is 5.75 Å². The molecular formula is C23H30N2O2. The van der Waals surface area contributed by atoms with Gasteiger partial charge in [-0.25, -0.2) is 0 Å². The fourth-order valence-electron chi connectivity index (χ4n) is 3.60. The van der Waals surface area contributed by atoms with Gasteiger partial charge in [0.25, 0.3) is 5.91 Å². The van der Waals surface area contributed by atoms with E-state index in [1.807, 2.05) is 43.0 Å². The van der Waals surface area contributed by atoms with Gasteiger partial charge in [0.15, 0.2) is 6.10 Å². The molecule has 0 bridgehead atoms. The number of ether oxygens (including phenoxy) is 1. The normalized spacial score (nSPS) is 15.6. The number of piperazine rings is 1. The molecule has 3 rings (SSSR count). The van der Waals surface area contributed by atoms with Gasteiger partial charge in [0.2, 0.25) is 0 Å². The molecule has 1 atom stereocenters. The van der Waals surface area contributed by atoms with Crippen LogP contribution in [-0.2, 0) is 4.79 Å². The van der Waals surface area contributed by atoms with Gasteiger partial charge in [-0.05, 0) is 56.0 Å². The number of anilines is 1. The SMILES string of the molecule is CC[C@@H](Oc1ccccc1C)C(=O)N1CCN(c2cccc(C)c2C)CC1. The van der Waals surface area contributed by atoms with Crippen molar-refractivity contribution in [2.45, 2.75) is 40.2 Å². The summed E-state index contributed by atoms with van der Waals surface area (Å²) in [7, 11) is 0. The summed E-state index contributed by atoms with van der Waals surface area (Å²) in [6.07, 6.45) is 0.253. The lowest BCUT2D eigenvalue weighted by Gasteiger charge is -2.38. The zero-order chi connectivity index (χ0) is 19.4. The Morgan fingerprint density at radius 2 is 1.63 bits per heavy atom. The lowest BCUT2D eigenvalue weighted by molar-refractivity contribution is -0.139. The predicted molar refractivity (Wildman–Crippen MR) is 111 cm³/mol. The van der Waals surface area contributed by atoms with Crippen molar-refractivity contribution in [1.29, 1.82) is 0 Å². The van der Waals surface area contributed by atoms with Gasteiger partial charge < -0.3 is 14.5 Å². The van der Waals surface area contributed by atoms with Crippen LogP contribution in [0, 0.1) is 20.8 Å². The van der Waals surface area contributed by atoms with E-state index in [0.717, 1.165) is 37.5 Å². The smallest absolute Gasteiger partial charge is 0.263 e. The molecule has 0 N–H and O–H groups in total. The molecule has 0 radical (unpaired) electrons. The zero-order valence-corrected chi connectivity index (χ0v) is 16.9. The molecule has 0 aromatic heterocycles. The van der Waals surface area contributed by atoms with Crippen LogP contribution in [0.1, 0.15) is 30.0 Å². The summed E-state index contributed by atoms with van der Waals surface area (Å²) in [5.74, 6) is 0.896. The fraction of sp³-hybridized carbons (Fsp3) is 0.435. The molecule has 1 amide bonds. The van der Waals surface area contributed by atoms with E-state index in [-0.39, 0.29) is 5.91 Å². The second-order valence-electron chi connectivity index (χ2n) is 7.31. The molecule has 0 unspecified atom stereocenters. The van der Waals surface area contributed by atoms with Crippen LogP contribution in [0.25, 0.3) is 0 Å². The van der Waals surface area contributed by atoms with Crippen molar-refractivity contribution in [1.82, 2.24) is 4.90 Å². The highest BCUT2D eigenvalue weighted by Gasteiger charge is 2.28. The number of carbonyl (C=O) groups is 1. The standard InChI is InChI=1S/C23H30N2O2/c1-5-21(27-22-12-7-6-9-18(22)3)23(26)25-15-13-24(14-16-25)20-11-8-10-17(2)19(20)4/h6-12,21H,5,13-16H2,1-4H3/t21-/m1/s1. The van der Waals surface area contributed by atoms with Gasteiger partial charge in [0.05, 0.1) is 0 Å². The second-order valence-corrected chi connectivity index (χ2v) is 7.31. The largest absolute Gasteiger partial charge is 0.480 e. The summed E-state index contributed by atoms with van der Waals surface area (Å²) in [6.45, 7) is 11.5. The van der Waals surface area contributed by atoms with Crippen LogP contribution in [0.15, 0.2) is 42.5 Å². The Labute approximate surface area is 162 Å². The van der Waals surface area contributed by atoms with Gasteiger partial charge in [0, 0.05) is 31.9 Å². The number of hydrogen-bond acceptors (Lipinski definition) is 3. The first-order chi connectivity index (χ1) is 13.0. The van der Waals surface area contributed by atoms with Gasteiger partial charge in [-0.1, -0.05) is 37.3 Å². The van der Waals surface area contributed by atoms with Crippen LogP contribution in [0.3, 0.4) is 0 Å². The Morgan fingerprint density at radius 1 is 0.963 bits per heavy atom. The van der Waals surface area contributed by atoms with Gasteiger partial charge in [-0.3, -0.25) is 4.79 Å². The number of amides is 1. The highest BCUT2D eigenvalue weighted by molar-refractivity contribution is 5.81. The summed E-state index contributed by atoms with van der Waals surface area (Å²) in [5, 5.41) is 0. The number of para-hydroxylation sites is 1. The lowest BCUT2D eigenvalue weighted by atomic mass is 10.1. The molecule has 1 saturated heterocycles. The van der Waals surface area contributed by atoms with Crippen molar-refractivity contribution >= 4 is 11.6 Å². The van der Waals surface area contributed by atoms with Gasteiger partial charge >= 0.3 is 0 Å². The minimum Gasteiger partial charge on any atom is -0.480 e. The van der Waals surface area contributed by atoms with Crippen LogP contribution < -0.4 is 9.64 Å². The van der Waals surface area contributed by atoms with E-state index >= 15 is 0 Å². The van der Waals surface area contributed by atoms with Crippen LogP contribution in [0.5, 0.6) is 5.75 Å². The molecule has 2 aromatic carbocycles. The third kappa shape index (κ3) is 4.26. The molecule has 1 heterocycles. The first-order valence-corrected chi connectivity index (χ1v) is 9.83. The Morgan fingerprint density at radius 3 is 2.30 bits per heavy atom. The molecule has 2 aromatic rings. The number of aryl methyl sites for hydroxylation is 2. The molecule has 27 heavy (non-hydrogen) atoms. The minimum absolute atomic E-state index is 0.0985. The average molecular weight is 367 g/mol. The Hall–Kier alpha value is -2.49. The number of benzene rings is 2. The number of carbonyl (C=O) groups excluding carboxylic acids is 1. The maximum absolute atomic E-state index is 13.0. The fourth-order valence-corrected chi connectivity index (χ4v) is 3.60. The van der Waals surface area contributed by atoms with E-state index in [1.54, 1.807) is 0 Å². The van der Waals surface area contributed by atoms with Crippen LogP contribution in [0.4, 0.5) is 5.69 Å². The summed E-state index contributed by atoms with van der Waals surface area (Å²) in [5.41, 5.74) is 4.98. The molecule has 0 saturated carbocycles. The molecule has 1 fully saturated rings. The number of hydrogen-bond donors (Lipinski definition) is 0. The number of rotatable bonds is 5. The van der Waals surface area contributed by atoms with Crippen molar-refractivity contribution in [3.05, 3.63) is 59.2 Å². The van der Waals surface area contributed by atoms with E-state index < -0.39 is 6.10 Å². The van der Waals surface area contributed by atoms with Crippen molar-refractivity contribution < 1.29 is 9.53 Å². The predicted octanol–water partition coefficient (Wildman–Crippen LogP) is 4.12. The van der Waals surface area contributed by atoms with E-state index in [2.05, 4.69) is 36.9 Å². The zero-order valence-electron chi connectivity index (χ0n) is 16.9. The topological polar surface area (TPSA) is 32.8 Å². The summed E-state index contributed by atoms with van der Waals surface area (Å²) in [6, 6.07) is 14.3. The van der Waals surface area contributed by atoms with Crippen molar-refractivity contribution in [2.24, 2.45) is 0 Å². The van der Waals surface area contributed by atoms with E-state index in [1.165, 1.54) is 16.8 Å². The monoisotopic (exact) mass is 366 g/mol. The van der Waals surface area contributed by atoms with E-state index in [4.69, 9.17) is 4.74 Å². The maximum Gasteiger partial charge on any atom is 0.263 e. The Bertz CT molecular complexity index is 795. The van der Waals surface area contributed by atoms with Gasteiger partial charge in [-0.2, -0.15) is 0 Å². The molecule has 1 aliphatic heterocycles. The summed E-state index contributed by atoms with van der Waals surface area (Å²) in [4.78, 5) is 17.3. The maximum atomic E-state index is 13.0. The highest BCUT2D eigenvalue weighted by Crippen LogP contribution is 2.25. The minimum atomic E-state index is -0.418. The van der Waals surface area contributed by atoms with Crippen LogP contribution >= 0.6 is 0 Å². The first-order valence-electron chi connectivity index (χ1n) is 9.83. The average Bonchev–Trinajstić information content (AvgIpc) is 2.69. The molecule has 0 aliphatic carbocycles. The molecule has 1 aliphatic rings. The summed E-state index contributed by atoms with van der Waals surface area (Å²) < 4.78 is 6.05. The molecule has 4 heteroatoms. The highest BCUT2D eigenvalue weighted by atomic mass is 16.5. The Kier molecular flexibility index (Phi) is 6.04. The molecular weight excluding hydrogens is 336 g/mol. The lowest BCUT2D eigenvalue weighted by Crippen LogP contribution is -2.52.